The van der Waals surface area contributed by atoms with Crippen LogP contribution in [0.15, 0.2) is 36.5 Å². The minimum absolute atomic E-state index is 0.157. The highest BCUT2D eigenvalue weighted by molar-refractivity contribution is 5.70. The molecule has 72 heavy (non-hydrogen) atoms. The van der Waals surface area contributed by atoms with Gasteiger partial charge in [0.1, 0.15) is 55.4 Å². The smallest absolute Gasteiger partial charge is 0.306 e. The van der Waals surface area contributed by atoms with Crippen LogP contribution in [-0.4, -0.2) is 142 Å². The first-order valence-corrected chi connectivity index (χ1v) is 28.6. The summed E-state index contributed by atoms with van der Waals surface area (Å²) in [5, 5.41) is 72.2. The second-order valence-corrected chi connectivity index (χ2v) is 20.1. The second-order valence-electron chi connectivity index (χ2n) is 20.1. The van der Waals surface area contributed by atoms with Gasteiger partial charge in [-0.1, -0.05) is 172 Å². The van der Waals surface area contributed by atoms with E-state index in [4.69, 9.17) is 28.4 Å². The molecule has 0 radical (unpaired) electrons. The predicted molar refractivity (Wildman–Crippen MR) is 280 cm³/mol. The molecule has 0 saturated carbocycles. The molecule has 0 amide bonds. The van der Waals surface area contributed by atoms with Crippen LogP contribution in [0.3, 0.4) is 0 Å². The number of carbonyl (C=O) groups excluding carboxylic acids is 2. The quantitative estimate of drug-likeness (QED) is 0.0171. The van der Waals surface area contributed by atoms with E-state index in [0.29, 0.717) is 12.8 Å². The number of ether oxygens (including phenoxy) is 6. The molecule has 420 valence electrons. The molecule has 2 rings (SSSR count). The zero-order chi connectivity index (χ0) is 52.4. The van der Waals surface area contributed by atoms with Crippen molar-refractivity contribution < 1.29 is 73.8 Å². The van der Waals surface area contributed by atoms with Crippen molar-refractivity contribution in [3.8, 4) is 0 Å². The van der Waals surface area contributed by atoms with Crippen LogP contribution in [-0.2, 0) is 38.0 Å². The predicted octanol–water partition coefficient (Wildman–Crippen LogP) is 9.27. The number of unbranched alkanes of at least 4 members (excludes halogenated alkanes) is 25. The van der Waals surface area contributed by atoms with E-state index in [1.165, 1.54) is 109 Å². The largest absolute Gasteiger partial charge is 0.462 e. The van der Waals surface area contributed by atoms with Gasteiger partial charge in [0.2, 0.25) is 0 Å². The molecule has 0 bridgehead atoms. The Hall–Kier alpha value is -2.28. The number of esters is 2. The van der Waals surface area contributed by atoms with Gasteiger partial charge in [0, 0.05) is 12.8 Å². The number of hydrogen-bond acceptors (Lipinski definition) is 15. The number of aliphatic hydroxyl groups is 7. The lowest BCUT2D eigenvalue weighted by atomic mass is 9.98. The fraction of sp³-hybridized carbons (Fsp3) is 0.860. The van der Waals surface area contributed by atoms with Crippen LogP contribution < -0.4 is 0 Å². The molecule has 0 aromatic heterocycles. The molecule has 0 aliphatic carbocycles. The molecular formula is C57H102O15. The molecular weight excluding hydrogens is 925 g/mol. The molecule has 0 aromatic rings. The van der Waals surface area contributed by atoms with Gasteiger partial charge in [0.15, 0.2) is 18.7 Å². The van der Waals surface area contributed by atoms with Crippen LogP contribution in [0.4, 0.5) is 0 Å². The van der Waals surface area contributed by atoms with E-state index in [1.54, 1.807) is 0 Å². The molecule has 2 heterocycles. The Balaban J connectivity index is 1.76. The topological polar surface area (TPSA) is 231 Å². The van der Waals surface area contributed by atoms with E-state index in [0.717, 1.165) is 70.6 Å². The van der Waals surface area contributed by atoms with Crippen LogP contribution in [0.1, 0.15) is 219 Å². The van der Waals surface area contributed by atoms with Crippen LogP contribution in [0.5, 0.6) is 0 Å². The van der Waals surface area contributed by atoms with E-state index in [1.807, 2.05) is 0 Å². The minimum Gasteiger partial charge on any atom is -0.462 e. The van der Waals surface area contributed by atoms with Crippen molar-refractivity contribution in [2.75, 3.05) is 26.4 Å². The molecule has 7 N–H and O–H groups in total. The Morgan fingerprint density at radius 3 is 1.33 bits per heavy atom. The van der Waals surface area contributed by atoms with E-state index < -0.39 is 92.7 Å². The van der Waals surface area contributed by atoms with Crippen molar-refractivity contribution in [1.29, 1.82) is 0 Å². The maximum Gasteiger partial charge on any atom is 0.306 e. The first-order chi connectivity index (χ1) is 35.0. The molecule has 0 spiro atoms. The highest BCUT2D eigenvalue weighted by Crippen LogP contribution is 2.27. The standard InChI is InChI=1S/C57H102O15/c1-3-5-7-9-11-13-15-17-19-21-22-24-25-27-29-31-33-35-37-39-48(59)67-42-45(70-49(60)40-38-36-34-32-30-28-26-23-20-18-16-14-12-10-8-6-4-2)43-68-56-55(66)53(64)51(62)47(72-56)44-69-57-54(65)52(63)50(61)46(41-58)71-57/h12,14,17-20,45-47,50-58,61-66H,3-11,13,15-16,21-44H2,1-2H3/b14-12+,19-17+,20-18+/t45-,46+,47+,50-,51-,52?,53?,54?,55?,56+,57+/m0/s1. The highest BCUT2D eigenvalue weighted by atomic mass is 16.7. The van der Waals surface area contributed by atoms with Gasteiger partial charge in [-0.2, -0.15) is 0 Å². The molecule has 2 fully saturated rings. The van der Waals surface area contributed by atoms with Crippen molar-refractivity contribution in [2.24, 2.45) is 0 Å². The average molecular weight is 1030 g/mol. The summed E-state index contributed by atoms with van der Waals surface area (Å²) in [6, 6.07) is 0. The number of aliphatic hydroxyl groups excluding tert-OH is 7. The van der Waals surface area contributed by atoms with Gasteiger partial charge < -0.3 is 64.2 Å². The SMILES string of the molecule is CCCCC/C=C/C/C=C/CCCCCCCCCC(=O)O[C@@H](COC(=O)CCCCCCCCCCC/C=C/CCCCCCCC)CO[C@@H]1O[C@H](CO[C@@H]2O[C@H](CO)[C@H](O)C(O)C2O)[C@H](O)C(O)C1O. The van der Waals surface area contributed by atoms with Gasteiger partial charge in [0.05, 0.1) is 19.8 Å². The van der Waals surface area contributed by atoms with Gasteiger partial charge in [-0.05, 0) is 70.6 Å². The van der Waals surface area contributed by atoms with Crippen molar-refractivity contribution in [1.82, 2.24) is 0 Å². The van der Waals surface area contributed by atoms with Crippen LogP contribution in [0.25, 0.3) is 0 Å². The third kappa shape index (κ3) is 30.9. The fourth-order valence-electron chi connectivity index (χ4n) is 8.89. The highest BCUT2D eigenvalue weighted by Gasteiger charge is 2.47. The van der Waals surface area contributed by atoms with Gasteiger partial charge in [-0.25, -0.2) is 0 Å². The molecule has 2 saturated heterocycles. The van der Waals surface area contributed by atoms with Crippen molar-refractivity contribution in [2.45, 2.75) is 287 Å². The lowest BCUT2D eigenvalue weighted by Crippen LogP contribution is -2.61. The summed E-state index contributed by atoms with van der Waals surface area (Å²) in [6.07, 6.45) is 31.6. The van der Waals surface area contributed by atoms with Gasteiger partial charge in [-0.3, -0.25) is 9.59 Å². The Morgan fingerprint density at radius 1 is 0.444 bits per heavy atom. The van der Waals surface area contributed by atoms with E-state index >= 15 is 0 Å². The van der Waals surface area contributed by atoms with E-state index in [2.05, 4.69) is 50.3 Å². The van der Waals surface area contributed by atoms with E-state index in [9.17, 15) is 45.3 Å². The number of hydrogen-bond donors (Lipinski definition) is 7. The Morgan fingerprint density at radius 2 is 0.833 bits per heavy atom. The second kappa shape index (κ2) is 43.9. The monoisotopic (exact) mass is 1030 g/mol. The Bertz CT molecular complexity index is 1390. The van der Waals surface area contributed by atoms with Crippen LogP contribution in [0.2, 0.25) is 0 Å². The maximum atomic E-state index is 13.0. The molecule has 2 aliphatic rings. The summed E-state index contributed by atoms with van der Waals surface area (Å²) in [5.41, 5.74) is 0. The first-order valence-electron chi connectivity index (χ1n) is 28.6. The maximum absolute atomic E-state index is 13.0. The molecule has 15 nitrogen and oxygen atoms in total. The van der Waals surface area contributed by atoms with Crippen molar-refractivity contribution in [3.05, 3.63) is 36.5 Å². The lowest BCUT2D eigenvalue weighted by molar-refractivity contribution is -0.332. The van der Waals surface area contributed by atoms with Gasteiger partial charge in [-0.15, -0.1) is 0 Å². The first kappa shape index (κ1) is 65.8. The van der Waals surface area contributed by atoms with Gasteiger partial charge >= 0.3 is 11.9 Å². The zero-order valence-electron chi connectivity index (χ0n) is 44.7. The van der Waals surface area contributed by atoms with Crippen LogP contribution >= 0.6 is 0 Å². The summed E-state index contributed by atoms with van der Waals surface area (Å²) in [6.45, 7) is 2.58. The van der Waals surface area contributed by atoms with Crippen molar-refractivity contribution in [3.63, 3.8) is 0 Å². The van der Waals surface area contributed by atoms with Crippen molar-refractivity contribution >= 4 is 11.9 Å². The summed E-state index contributed by atoms with van der Waals surface area (Å²) in [5.74, 6) is -0.930. The summed E-state index contributed by atoms with van der Waals surface area (Å²) < 4.78 is 33.7. The third-order valence-corrected chi connectivity index (χ3v) is 13.6. The molecule has 2 aliphatic heterocycles. The average Bonchev–Trinajstić information content (AvgIpc) is 3.37. The lowest BCUT2D eigenvalue weighted by Gasteiger charge is -2.42. The molecule has 11 atom stereocenters. The molecule has 15 heteroatoms. The number of carbonyl (C=O) groups is 2. The number of rotatable bonds is 45. The fourth-order valence-corrected chi connectivity index (χ4v) is 8.89. The van der Waals surface area contributed by atoms with Gasteiger partial charge in [0.25, 0.3) is 0 Å². The normalized spacial score (nSPS) is 25.2. The Labute approximate surface area is 434 Å². The molecule has 4 unspecified atom stereocenters. The Kier molecular flexibility index (Phi) is 40.1. The summed E-state index contributed by atoms with van der Waals surface area (Å²) in [4.78, 5) is 25.9. The zero-order valence-corrected chi connectivity index (χ0v) is 44.7. The summed E-state index contributed by atoms with van der Waals surface area (Å²) in [7, 11) is 0. The number of allylic oxidation sites excluding steroid dienone is 6. The minimum atomic E-state index is -1.77. The van der Waals surface area contributed by atoms with Crippen LogP contribution in [0, 0.1) is 0 Å². The summed E-state index contributed by atoms with van der Waals surface area (Å²) >= 11 is 0. The van der Waals surface area contributed by atoms with E-state index in [-0.39, 0.29) is 26.1 Å². The third-order valence-electron chi connectivity index (χ3n) is 13.6. The molecule has 0 aromatic carbocycles.